The third kappa shape index (κ3) is 3.01. The lowest BCUT2D eigenvalue weighted by atomic mass is 9.85. The number of fused-ring (bicyclic) bond motifs is 5. The Labute approximate surface area is 172 Å². The second-order valence-electron chi connectivity index (χ2n) is 7.56. The molecule has 1 heterocycles. The van der Waals surface area contributed by atoms with Crippen LogP contribution in [-0.2, 0) is 19.1 Å². The molecule has 0 radical (unpaired) electrons. The first-order valence-electron chi connectivity index (χ1n) is 9.57. The second kappa shape index (κ2) is 7.47. The Kier molecular flexibility index (Phi) is 4.97. The number of methoxy groups -OCH3 is 3. The van der Waals surface area contributed by atoms with Crippen molar-refractivity contribution in [3.8, 4) is 11.5 Å². The van der Waals surface area contributed by atoms with Crippen molar-refractivity contribution in [3.05, 3.63) is 29.8 Å². The van der Waals surface area contributed by atoms with Crippen LogP contribution >= 0.6 is 0 Å². The number of amides is 3. The highest BCUT2D eigenvalue weighted by molar-refractivity contribution is 6.10. The number of anilines is 1. The zero-order valence-electron chi connectivity index (χ0n) is 16.8. The van der Waals surface area contributed by atoms with Crippen molar-refractivity contribution in [1.82, 2.24) is 4.90 Å². The van der Waals surface area contributed by atoms with Crippen LogP contribution in [0.5, 0.6) is 11.5 Å². The molecule has 1 aromatic rings. The average Bonchev–Trinajstić information content (AvgIpc) is 3.43. The van der Waals surface area contributed by atoms with Gasteiger partial charge in [-0.25, -0.2) is 4.79 Å². The number of carbonyl (C=O) groups excluding carboxylic acids is 4. The molecule has 1 saturated heterocycles. The molecule has 158 valence electrons. The molecule has 4 rings (SSSR count). The number of ether oxygens (including phenoxy) is 3. The molecule has 2 bridgehead atoms. The molecule has 9 heteroatoms. The maximum atomic E-state index is 12.8. The lowest BCUT2D eigenvalue weighted by Crippen LogP contribution is -2.39. The first-order valence-corrected chi connectivity index (χ1v) is 9.57. The van der Waals surface area contributed by atoms with Gasteiger partial charge in [-0.15, -0.1) is 0 Å². The summed E-state index contributed by atoms with van der Waals surface area (Å²) in [6.45, 7) is -0.418. The van der Waals surface area contributed by atoms with Crippen molar-refractivity contribution in [3.63, 3.8) is 0 Å². The van der Waals surface area contributed by atoms with Crippen molar-refractivity contribution in [2.75, 3.05) is 33.2 Å². The number of benzene rings is 1. The Bertz CT molecular complexity index is 940. The lowest BCUT2D eigenvalue weighted by Gasteiger charge is -2.18. The Morgan fingerprint density at radius 3 is 2.10 bits per heavy atom. The fourth-order valence-corrected chi connectivity index (χ4v) is 4.71. The van der Waals surface area contributed by atoms with Gasteiger partial charge < -0.3 is 19.5 Å². The molecule has 1 saturated carbocycles. The quantitative estimate of drug-likeness (QED) is 0.423. The Morgan fingerprint density at radius 1 is 1.00 bits per heavy atom. The summed E-state index contributed by atoms with van der Waals surface area (Å²) >= 11 is 0. The van der Waals surface area contributed by atoms with E-state index in [1.807, 2.05) is 12.2 Å². The van der Waals surface area contributed by atoms with Crippen LogP contribution in [0, 0.1) is 23.7 Å². The van der Waals surface area contributed by atoms with Crippen LogP contribution in [0.4, 0.5) is 5.69 Å². The Morgan fingerprint density at radius 2 is 1.57 bits per heavy atom. The average molecular weight is 414 g/mol. The second-order valence-corrected chi connectivity index (χ2v) is 7.56. The van der Waals surface area contributed by atoms with E-state index >= 15 is 0 Å². The van der Waals surface area contributed by atoms with Crippen molar-refractivity contribution >= 4 is 29.4 Å². The molecule has 30 heavy (non-hydrogen) atoms. The molecule has 4 atom stereocenters. The SMILES string of the molecule is COC(=O)c1cc(OC)c(OC)cc1NC(=O)CN1C(=O)C2C3C=CC(C3)C2C1=O. The van der Waals surface area contributed by atoms with Gasteiger partial charge in [0.25, 0.3) is 0 Å². The molecular weight excluding hydrogens is 392 g/mol. The molecule has 2 aliphatic carbocycles. The summed E-state index contributed by atoms with van der Waals surface area (Å²) in [5, 5.41) is 2.59. The highest BCUT2D eigenvalue weighted by atomic mass is 16.5. The molecular formula is C21H22N2O7. The zero-order valence-corrected chi connectivity index (χ0v) is 16.8. The smallest absolute Gasteiger partial charge is 0.340 e. The first kappa shape index (κ1) is 19.9. The number of allylic oxidation sites excluding steroid dienone is 2. The van der Waals surface area contributed by atoms with Gasteiger partial charge >= 0.3 is 5.97 Å². The number of hydrogen-bond acceptors (Lipinski definition) is 7. The van der Waals surface area contributed by atoms with E-state index in [2.05, 4.69) is 5.32 Å². The van der Waals surface area contributed by atoms with E-state index in [-0.39, 0.29) is 52.5 Å². The Hall–Kier alpha value is -3.36. The largest absolute Gasteiger partial charge is 0.493 e. The van der Waals surface area contributed by atoms with Crippen LogP contribution in [-0.4, -0.2) is 56.5 Å². The monoisotopic (exact) mass is 414 g/mol. The number of carbonyl (C=O) groups is 4. The minimum absolute atomic E-state index is 0.0571. The molecule has 3 aliphatic rings. The number of nitrogens with one attached hydrogen (secondary N) is 1. The van der Waals surface area contributed by atoms with Crippen LogP contribution in [0.2, 0.25) is 0 Å². The minimum Gasteiger partial charge on any atom is -0.493 e. The van der Waals surface area contributed by atoms with E-state index in [0.717, 1.165) is 11.3 Å². The summed E-state index contributed by atoms with van der Waals surface area (Å²) in [6, 6.07) is 2.82. The highest BCUT2D eigenvalue weighted by Gasteiger charge is 2.59. The van der Waals surface area contributed by atoms with Crippen LogP contribution < -0.4 is 14.8 Å². The molecule has 1 N–H and O–H groups in total. The molecule has 0 aromatic heterocycles. The summed E-state index contributed by atoms with van der Waals surface area (Å²) < 4.78 is 15.2. The lowest BCUT2D eigenvalue weighted by molar-refractivity contribution is -0.143. The van der Waals surface area contributed by atoms with Crippen LogP contribution in [0.15, 0.2) is 24.3 Å². The van der Waals surface area contributed by atoms with E-state index in [1.54, 1.807) is 0 Å². The summed E-state index contributed by atoms with van der Waals surface area (Å²) in [7, 11) is 4.05. The van der Waals surface area contributed by atoms with Crippen LogP contribution in [0.3, 0.4) is 0 Å². The standard InChI is InChI=1S/C21H22N2O7/c1-28-14-7-12(21(27)30-3)13(8-15(14)29-2)22-16(24)9-23-19(25)17-10-4-5-11(6-10)18(17)20(23)26/h4-5,7-8,10-11,17-18H,6,9H2,1-3H3,(H,22,24). The summed E-state index contributed by atoms with van der Waals surface area (Å²) in [4.78, 5) is 51.4. The van der Waals surface area contributed by atoms with E-state index in [9.17, 15) is 19.2 Å². The van der Waals surface area contributed by atoms with E-state index < -0.39 is 18.4 Å². The van der Waals surface area contributed by atoms with Crippen LogP contribution in [0.25, 0.3) is 0 Å². The van der Waals surface area contributed by atoms with Gasteiger partial charge in [0.15, 0.2) is 11.5 Å². The number of hydrogen-bond donors (Lipinski definition) is 1. The first-order chi connectivity index (χ1) is 14.4. The van der Waals surface area contributed by atoms with Crippen LogP contribution in [0.1, 0.15) is 16.8 Å². The fraction of sp³-hybridized carbons (Fsp3) is 0.429. The summed E-state index contributed by atoms with van der Waals surface area (Å²) in [5.41, 5.74) is 0.187. The minimum atomic E-state index is -0.684. The van der Waals surface area contributed by atoms with E-state index in [0.29, 0.717) is 5.75 Å². The fourth-order valence-electron chi connectivity index (χ4n) is 4.71. The van der Waals surface area contributed by atoms with Crippen molar-refractivity contribution < 1.29 is 33.4 Å². The number of likely N-dealkylation sites (tertiary alicyclic amines) is 1. The summed E-state index contributed by atoms with van der Waals surface area (Å²) in [6.07, 6.45) is 4.81. The van der Waals surface area contributed by atoms with Gasteiger partial charge in [0.1, 0.15) is 6.54 Å². The van der Waals surface area contributed by atoms with E-state index in [1.165, 1.54) is 33.5 Å². The van der Waals surface area contributed by atoms with Crippen molar-refractivity contribution in [1.29, 1.82) is 0 Å². The van der Waals surface area contributed by atoms with Gasteiger partial charge in [0, 0.05) is 12.1 Å². The third-order valence-electron chi connectivity index (χ3n) is 6.07. The van der Waals surface area contributed by atoms with Gasteiger partial charge in [-0.2, -0.15) is 0 Å². The number of nitrogens with zero attached hydrogens (tertiary/aromatic N) is 1. The van der Waals surface area contributed by atoms with Crippen molar-refractivity contribution in [2.24, 2.45) is 23.7 Å². The zero-order chi connectivity index (χ0) is 21.6. The molecule has 4 unspecified atom stereocenters. The van der Waals surface area contributed by atoms with Gasteiger partial charge in [0.05, 0.1) is 44.4 Å². The van der Waals surface area contributed by atoms with Gasteiger partial charge in [0.2, 0.25) is 17.7 Å². The molecule has 9 nitrogen and oxygen atoms in total. The topological polar surface area (TPSA) is 111 Å². The summed E-state index contributed by atoms with van der Waals surface area (Å²) in [5.74, 6) is -1.91. The number of rotatable bonds is 6. The molecule has 2 fully saturated rings. The van der Waals surface area contributed by atoms with Crippen molar-refractivity contribution in [2.45, 2.75) is 6.42 Å². The van der Waals surface area contributed by atoms with Gasteiger partial charge in [-0.1, -0.05) is 12.2 Å². The van der Waals surface area contributed by atoms with Gasteiger partial charge in [-0.05, 0) is 18.3 Å². The Balaban J connectivity index is 1.54. The predicted molar refractivity (Wildman–Crippen MR) is 104 cm³/mol. The third-order valence-corrected chi connectivity index (χ3v) is 6.07. The molecule has 0 spiro atoms. The normalized spacial score (nSPS) is 26.0. The molecule has 1 aromatic carbocycles. The molecule has 3 amide bonds. The predicted octanol–water partition coefficient (Wildman–Crippen LogP) is 1.24. The molecule has 1 aliphatic heterocycles. The van der Waals surface area contributed by atoms with E-state index in [4.69, 9.17) is 14.2 Å². The number of esters is 1. The number of imide groups is 1. The maximum Gasteiger partial charge on any atom is 0.340 e. The van der Waals surface area contributed by atoms with Gasteiger partial charge in [-0.3, -0.25) is 19.3 Å². The maximum absolute atomic E-state index is 12.8. The highest BCUT2D eigenvalue weighted by Crippen LogP contribution is 2.52.